The molecule has 118 valence electrons. The van der Waals surface area contributed by atoms with Crippen molar-refractivity contribution in [1.29, 1.82) is 0 Å². The SMILES string of the molecule is C.O=[N+]([O-])/C=C/C1CCC1.O=[N+]([O-])CC(O)C1CCC1.[2HH]. The fourth-order valence-corrected chi connectivity index (χ4v) is 1.95. The van der Waals surface area contributed by atoms with E-state index in [0.29, 0.717) is 5.92 Å². The van der Waals surface area contributed by atoms with Crippen molar-refractivity contribution in [1.82, 2.24) is 0 Å². The molecule has 1 N–H and O–H groups in total. The molecule has 0 radical (unpaired) electrons. The Hall–Kier alpha value is -1.50. The molecule has 0 spiro atoms. The summed E-state index contributed by atoms with van der Waals surface area (Å²) >= 11 is 0. The van der Waals surface area contributed by atoms with Crippen LogP contribution in [0.4, 0.5) is 0 Å². The third-order valence-corrected chi connectivity index (χ3v) is 3.66. The maximum Gasteiger partial charge on any atom is 0.230 e. The van der Waals surface area contributed by atoms with Crippen LogP contribution in [0.2, 0.25) is 0 Å². The third kappa shape index (κ3) is 7.18. The van der Waals surface area contributed by atoms with E-state index in [1.54, 1.807) is 6.08 Å². The summed E-state index contributed by atoms with van der Waals surface area (Å²) in [4.78, 5) is 18.8. The zero-order valence-electron chi connectivity index (χ0n) is 10.8. The summed E-state index contributed by atoms with van der Waals surface area (Å²) in [6.07, 6.45) is 8.53. The Morgan fingerprint density at radius 1 is 1.20 bits per heavy atom. The van der Waals surface area contributed by atoms with Crippen LogP contribution in [0.15, 0.2) is 12.3 Å². The van der Waals surface area contributed by atoms with Gasteiger partial charge in [-0.3, -0.25) is 20.2 Å². The van der Waals surface area contributed by atoms with E-state index >= 15 is 0 Å². The first kappa shape index (κ1) is 18.5. The van der Waals surface area contributed by atoms with E-state index in [9.17, 15) is 20.2 Å². The summed E-state index contributed by atoms with van der Waals surface area (Å²) < 4.78 is 0. The van der Waals surface area contributed by atoms with Gasteiger partial charge in [0.05, 0.1) is 4.92 Å². The van der Waals surface area contributed by atoms with E-state index in [1.807, 2.05) is 0 Å². The van der Waals surface area contributed by atoms with Gasteiger partial charge in [0, 0.05) is 6.35 Å². The maximum absolute atomic E-state index is 9.90. The molecule has 2 aliphatic carbocycles. The van der Waals surface area contributed by atoms with Gasteiger partial charge < -0.3 is 5.11 Å². The van der Waals surface area contributed by atoms with Gasteiger partial charge >= 0.3 is 0 Å². The molecular weight excluding hydrogens is 264 g/mol. The topological polar surface area (TPSA) is 107 Å². The molecule has 0 aromatic carbocycles. The number of allylic oxidation sites excluding steroid dienone is 1. The van der Waals surface area contributed by atoms with Crippen molar-refractivity contribution in [2.75, 3.05) is 6.54 Å². The molecule has 0 bridgehead atoms. The van der Waals surface area contributed by atoms with Crippen LogP contribution in [0.5, 0.6) is 0 Å². The van der Waals surface area contributed by atoms with Crippen molar-refractivity contribution in [3.63, 3.8) is 0 Å². The molecule has 0 aliphatic heterocycles. The minimum Gasteiger partial charge on any atom is -0.386 e. The van der Waals surface area contributed by atoms with Gasteiger partial charge in [-0.2, -0.15) is 0 Å². The summed E-state index contributed by atoms with van der Waals surface area (Å²) in [5.74, 6) is 0.695. The highest BCUT2D eigenvalue weighted by molar-refractivity contribution is 4.87. The highest BCUT2D eigenvalue weighted by Gasteiger charge is 2.28. The molecule has 2 rings (SSSR count). The first-order chi connectivity index (χ1) is 8.99. The minimum atomic E-state index is -0.705. The summed E-state index contributed by atoms with van der Waals surface area (Å²) in [5, 5.41) is 28.8. The maximum atomic E-state index is 9.90. The molecule has 0 saturated heterocycles. The van der Waals surface area contributed by atoms with Gasteiger partial charge in [0.15, 0.2) is 0 Å². The lowest BCUT2D eigenvalue weighted by atomic mass is 9.81. The molecule has 7 nitrogen and oxygen atoms in total. The molecular formula is C13H26N2O5. The lowest BCUT2D eigenvalue weighted by Crippen LogP contribution is -2.32. The zero-order valence-corrected chi connectivity index (χ0v) is 10.8. The van der Waals surface area contributed by atoms with Gasteiger partial charge in [0.25, 0.3) is 0 Å². The molecule has 0 heterocycles. The van der Waals surface area contributed by atoms with Crippen molar-refractivity contribution < 1.29 is 16.4 Å². The van der Waals surface area contributed by atoms with E-state index in [0.717, 1.165) is 38.3 Å². The molecule has 7 heteroatoms. The molecule has 2 aliphatic rings. The van der Waals surface area contributed by atoms with Crippen LogP contribution in [0.25, 0.3) is 0 Å². The molecule has 0 aromatic heterocycles. The van der Waals surface area contributed by atoms with E-state index < -0.39 is 16.0 Å². The first-order valence-electron chi connectivity index (χ1n) is 6.60. The fraction of sp³-hybridized carbons (Fsp3) is 0.846. The Bertz CT molecular complexity index is 343. The van der Waals surface area contributed by atoms with E-state index in [1.165, 1.54) is 6.42 Å². The highest BCUT2D eigenvalue weighted by Crippen LogP contribution is 2.29. The van der Waals surface area contributed by atoms with Crippen molar-refractivity contribution in [2.45, 2.75) is 52.1 Å². The van der Waals surface area contributed by atoms with E-state index in [2.05, 4.69) is 0 Å². The van der Waals surface area contributed by atoms with Gasteiger partial charge in [0.1, 0.15) is 6.10 Å². The van der Waals surface area contributed by atoms with Gasteiger partial charge in [-0.15, -0.1) is 0 Å². The van der Waals surface area contributed by atoms with Crippen LogP contribution >= 0.6 is 0 Å². The van der Waals surface area contributed by atoms with Crippen LogP contribution in [0.1, 0.15) is 47.4 Å². The Morgan fingerprint density at radius 2 is 1.75 bits per heavy atom. The van der Waals surface area contributed by atoms with Crippen molar-refractivity contribution >= 4 is 0 Å². The van der Waals surface area contributed by atoms with Crippen LogP contribution < -0.4 is 0 Å². The Morgan fingerprint density at radius 3 is 2.05 bits per heavy atom. The van der Waals surface area contributed by atoms with Gasteiger partial charge in [0.2, 0.25) is 12.7 Å². The zero-order chi connectivity index (χ0) is 14.3. The summed E-state index contributed by atoms with van der Waals surface area (Å²) in [7, 11) is 0. The van der Waals surface area contributed by atoms with E-state index in [4.69, 9.17) is 5.11 Å². The normalized spacial score (nSPS) is 19.9. The van der Waals surface area contributed by atoms with Gasteiger partial charge in [-0.05, 0) is 43.6 Å². The second kappa shape index (κ2) is 9.41. The van der Waals surface area contributed by atoms with Crippen LogP contribution in [0.3, 0.4) is 0 Å². The molecule has 20 heavy (non-hydrogen) atoms. The number of nitro groups is 2. The van der Waals surface area contributed by atoms with E-state index in [-0.39, 0.29) is 21.3 Å². The van der Waals surface area contributed by atoms with Crippen LogP contribution in [-0.2, 0) is 0 Å². The van der Waals surface area contributed by atoms with Gasteiger partial charge in [-0.25, -0.2) is 0 Å². The van der Waals surface area contributed by atoms with Gasteiger partial charge in [-0.1, -0.05) is 20.3 Å². The molecule has 0 aromatic rings. The standard InChI is InChI=1S/C6H11NO3.C6H9NO2.CH4.H2/c8-6(4-7(9)10)5-2-1-3-5;8-7(9)5-4-6-2-1-3-6;;/h5-6,8H,1-4H2;4-6H,1-3H2;1H4;1H/b;5-4+;;/i;;;1+1. The van der Waals surface area contributed by atoms with Crippen LogP contribution in [0, 0.1) is 32.1 Å². The average molecular weight is 291 g/mol. The smallest absolute Gasteiger partial charge is 0.230 e. The number of aliphatic hydroxyl groups excluding tert-OH is 1. The Kier molecular flexibility index (Phi) is 8.71. The molecule has 0 amide bonds. The molecule has 1 unspecified atom stereocenters. The molecule has 2 saturated carbocycles. The average Bonchev–Trinajstić information content (AvgIpc) is 2.10. The number of hydrogen-bond donors (Lipinski definition) is 1. The fourth-order valence-electron chi connectivity index (χ4n) is 1.95. The second-order valence-electron chi connectivity index (χ2n) is 5.09. The largest absolute Gasteiger partial charge is 0.386 e. The van der Waals surface area contributed by atoms with Crippen molar-refractivity contribution in [3.05, 3.63) is 32.5 Å². The highest BCUT2D eigenvalue weighted by atomic mass is 16.6. The minimum absolute atomic E-state index is 0. The van der Waals surface area contributed by atoms with Crippen LogP contribution in [-0.4, -0.2) is 27.6 Å². The van der Waals surface area contributed by atoms with Crippen molar-refractivity contribution in [2.24, 2.45) is 11.8 Å². The summed E-state index contributed by atoms with van der Waals surface area (Å²) in [6.45, 7) is -0.287. The number of hydrogen-bond acceptors (Lipinski definition) is 5. The second-order valence-corrected chi connectivity index (χ2v) is 5.09. The molecule has 1 atom stereocenters. The lowest BCUT2D eigenvalue weighted by molar-refractivity contribution is -0.493. The summed E-state index contributed by atoms with van der Waals surface area (Å²) in [6, 6.07) is 0. The quantitative estimate of drug-likeness (QED) is 0.619. The predicted octanol–water partition coefficient (Wildman–Crippen LogP) is 2.88. The Labute approximate surface area is 120 Å². The lowest BCUT2D eigenvalue weighted by Gasteiger charge is -2.27. The number of nitrogens with zero attached hydrogens (tertiary/aromatic N) is 2. The third-order valence-electron chi connectivity index (χ3n) is 3.66. The number of rotatable bonds is 5. The predicted molar refractivity (Wildman–Crippen MR) is 77.5 cm³/mol. The Balaban J connectivity index is 0. The molecule has 2 fully saturated rings. The number of aliphatic hydroxyl groups is 1. The first-order valence-corrected chi connectivity index (χ1v) is 6.60. The van der Waals surface area contributed by atoms with Crippen molar-refractivity contribution in [3.8, 4) is 0 Å². The monoisotopic (exact) mass is 291 g/mol. The summed E-state index contributed by atoms with van der Waals surface area (Å²) in [5.41, 5.74) is 0.